The number of rotatable bonds is 5. The van der Waals surface area contributed by atoms with Gasteiger partial charge in [0.2, 0.25) is 5.95 Å². The minimum atomic E-state index is -0.275. The number of hydrogen-bond donors (Lipinski definition) is 0. The van der Waals surface area contributed by atoms with Gasteiger partial charge in [-0.25, -0.2) is 9.97 Å². The maximum atomic E-state index is 13.3. The number of carbonyl (C=O) groups is 2. The second-order valence-corrected chi connectivity index (χ2v) is 7.95. The van der Waals surface area contributed by atoms with Crippen LogP contribution >= 0.6 is 11.3 Å². The molecule has 5 heterocycles. The fraction of sp³-hybridized carbons (Fsp3) is 0.238. The van der Waals surface area contributed by atoms with Crippen molar-refractivity contribution in [2.75, 3.05) is 31.1 Å². The molecule has 3 aromatic rings. The number of furan rings is 1. The van der Waals surface area contributed by atoms with Crippen LogP contribution in [0.1, 0.15) is 10.6 Å². The lowest BCUT2D eigenvalue weighted by atomic mass is 10.1. The van der Waals surface area contributed by atoms with Crippen LogP contribution in [0.25, 0.3) is 5.57 Å². The molecule has 9 heteroatoms. The zero-order chi connectivity index (χ0) is 20.5. The number of piperazine rings is 1. The number of hydrogen-bond acceptors (Lipinski definition) is 8. The number of nitrogens with zero attached hydrogens (tertiary/aromatic N) is 5. The second-order valence-electron chi connectivity index (χ2n) is 7.00. The predicted molar refractivity (Wildman–Crippen MR) is 111 cm³/mol. The van der Waals surface area contributed by atoms with E-state index in [2.05, 4.69) is 14.9 Å². The lowest BCUT2D eigenvalue weighted by Gasteiger charge is -2.36. The summed E-state index contributed by atoms with van der Waals surface area (Å²) in [5.41, 5.74) is 0.952. The van der Waals surface area contributed by atoms with Crippen molar-refractivity contribution in [2.45, 2.75) is 6.54 Å². The third-order valence-electron chi connectivity index (χ3n) is 5.24. The van der Waals surface area contributed by atoms with Crippen LogP contribution < -0.4 is 4.90 Å². The normalized spacial score (nSPS) is 17.4. The molecular formula is C21H19N5O3S. The lowest BCUT2D eigenvalue weighted by Crippen LogP contribution is -2.48. The van der Waals surface area contributed by atoms with E-state index in [1.807, 2.05) is 22.4 Å². The Morgan fingerprint density at radius 1 is 0.933 bits per heavy atom. The van der Waals surface area contributed by atoms with Gasteiger partial charge in [0.25, 0.3) is 11.8 Å². The van der Waals surface area contributed by atoms with Crippen molar-refractivity contribution in [3.8, 4) is 0 Å². The first-order valence-electron chi connectivity index (χ1n) is 9.66. The number of aromatic nitrogens is 2. The number of amides is 2. The number of imide groups is 1. The van der Waals surface area contributed by atoms with E-state index >= 15 is 0 Å². The summed E-state index contributed by atoms with van der Waals surface area (Å²) in [6, 6.07) is 9.08. The molecule has 2 aliphatic rings. The van der Waals surface area contributed by atoms with E-state index in [1.54, 1.807) is 36.9 Å². The lowest BCUT2D eigenvalue weighted by molar-refractivity contribution is -0.138. The molecule has 2 aliphatic heterocycles. The van der Waals surface area contributed by atoms with Crippen molar-refractivity contribution in [1.82, 2.24) is 19.8 Å². The van der Waals surface area contributed by atoms with E-state index < -0.39 is 0 Å². The highest BCUT2D eigenvalue weighted by Gasteiger charge is 2.43. The van der Waals surface area contributed by atoms with Crippen LogP contribution in [-0.2, 0) is 16.1 Å². The van der Waals surface area contributed by atoms with Crippen molar-refractivity contribution in [2.24, 2.45) is 0 Å². The molecule has 0 atom stereocenters. The first-order valence-corrected chi connectivity index (χ1v) is 10.5. The molecule has 3 aromatic heterocycles. The van der Waals surface area contributed by atoms with Crippen molar-refractivity contribution >= 4 is 34.7 Å². The highest BCUT2D eigenvalue weighted by Crippen LogP contribution is 2.35. The Bertz CT molecular complexity index is 1070. The quantitative estimate of drug-likeness (QED) is 0.584. The van der Waals surface area contributed by atoms with Crippen LogP contribution in [0, 0.1) is 0 Å². The van der Waals surface area contributed by atoms with E-state index in [0.29, 0.717) is 49.2 Å². The van der Waals surface area contributed by atoms with Gasteiger partial charge in [-0.1, -0.05) is 6.07 Å². The van der Waals surface area contributed by atoms with Crippen LogP contribution in [0.3, 0.4) is 0 Å². The molecule has 0 unspecified atom stereocenters. The molecule has 0 spiro atoms. The highest BCUT2D eigenvalue weighted by molar-refractivity contribution is 7.11. The molecule has 1 fully saturated rings. The van der Waals surface area contributed by atoms with Crippen LogP contribution in [0.15, 0.2) is 64.5 Å². The SMILES string of the molecule is O=C1C(c2cccs2)=C(N2CCN(c3ncccn3)CC2)C(=O)N1Cc1ccco1. The number of thiophene rings is 1. The molecular weight excluding hydrogens is 402 g/mol. The Labute approximate surface area is 177 Å². The molecule has 1 saturated heterocycles. The van der Waals surface area contributed by atoms with Gasteiger partial charge in [-0.2, -0.15) is 0 Å². The van der Waals surface area contributed by atoms with Crippen molar-refractivity contribution in [3.05, 3.63) is 70.7 Å². The fourth-order valence-electron chi connectivity index (χ4n) is 3.79. The van der Waals surface area contributed by atoms with Crippen molar-refractivity contribution in [3.63, 3.8) is 0 Å². The number of anilines is 1. The molecule has 5 rings (SSSR count). The minimum absolute atomic E-state index is 0.126. The van der Waals surface area contributed by atoms with E-state index in [4.69, 9.17) is 4.42 Å². The summed E-state index contributed by atoms with van der Waals surface area (Å²) >= 11 is 1.46. The van der Waals surface area contributed by atoms with E-state index in [-0.39, 0.29) is 18.4 Å². The second kappa shape index (κ2) is 7.75. The van der Waals surface area contributed by atoms with Gasteiger partial charge < -0.3 is 14.2 Å². The maximum Gasteiger partial charge on any atom is 0.278 e. The van der Waals surface area contributed by atoms with Crippen molar-refractivity contribution < 1.29 is 14.0 Å². The minimum Gasteiger partial charge on any atom is -0.467 e. The van der Waals surface area contributed by atoms with E-state index in [9.17, 15) is 9.59 Å². The molecule has 0 saturated carbocycles. The summed E-state index contributed by atoms with van der Waals surface area (Å²) in [6.45, 7) is 2.68. The Morgan fingerprint density at radius 2 is 1.70 bits per heavy atom. The maximum absolute atomic E-state index is 13.3. The third-order valence-corrected chi connectivity index (χ3v) is 6.12. The third kappa shape index (κ3) is 3.26. The van der Waals surface area contributed by atoms with Gasteiger partial charge in [-0.3, -0.25) is 14.5 Å². The predicted octanol–water partition coefficient (Wildman–Crippen LogP) is 2.23. The smallest absolute Gasteiger partial charge is 0.278 e. The van der Waals surface area contributed by atoms with E-state index in [0.717, 1.165) is 4.88 Å². The molecule has 152 valence electrons. The van der Waals surface area contributed by atoms with Gasteiger partial charge in [0.15, 0.2) is 0 Å². The topological polar surface area (TPSA) is 82.8 Å². The summed E-state index contributed by atoms with van der Waals surface area (Å²) in [4.78, 5) is 41.4. The molecule has 2 amide bonds. The molecule has 0 aliphatic carbocycles. The Hall–Kier alpha value is -3.46. The summed E-state index contributed by atoms with van der Waals surface area (Å²) in [5, 5.41) is 1.91. The van der Waals surface area contributed by atoms with Crippen LogP contribution in [0.5, 0.6) is 0 Å². The summed E-state index contributed by atoms with van der Waals surface area (Å²) < 4.78 is 5.37. The zero-order valence-electron chi connectivity index (χ0n) is 16.1. The fourth-order valence-corrected chi connectivity index (χ4v) is 4.55. The summed E-state index contributed by atoms with van der Waals surface area (Å²) in [5.74, 6) is 0.708. The molecule has 8 nitrogen and oxygen atoms in total. The molecule has 0 radical (unpaired) electrons. The van der Waals surface area contributed by atoms with E-state index in [1.165, 1.54) is 16.2 Å². The Kier molecular flexibility index (Phi) is 4.80. The van der Waals surface area contributed by atoms with Gasteiger partial charge in [0.05, 0.1) is 18.4 Å². The Balaban J connectivity index is 1.42. The summed E-state index contributed by atoms with van der Waals surface area (Å²) in [6.07, 6.45) is 4.98. The van der Waals surface area contributed by atoms with Gasteiger partial charge in [-0.05, 0) is 29.6 Å². The van der Waals surface area contributed by atoms with Crippen LogP contribution in [-0.4, -0.2) is 57.8 Å². The monoisotopic (exact) mass is 421 g/mol. The summed E-state index contributed by atoms with van der Waals surface area (Å²) in [7, 11) is 0. The zero-order valence-corrected chi connectivity index (χ0v) is 16.9. The molecule has 30 heavy (non-hydrogen) atoms. The average molecular weight is 421 g/mol. The molecule has 0 bridgehead atoms. The van der Waals surface area contributed by atoms with Gasteiger partial charge in [0, 0.05) is 43.4 Å². The van der Waals surface area contributed by atoms with Crippen LogP contribution in [0.2, 0.25) is 0 Å². The largest absolute Gasteiger partial charge is 0.467 e. The molecule has 0 N–H and O–H groups in total. The first kappa shape index (κ1) is 18.6. The highest BCUT2D eigenvalue weighted by atomic mass is 32.1. The number of carbonyl (C=O) groups excluding carboxylic acids is 2. The van der Waals surface area contributed by atoms with Gasteiger partial charge in [0.1, 0.15) is 11.5 Å². The average Bonchev–Trinajstić information content (AvgIpc) is 3.53. The van der Waals surface area contributed by atoms with Gasteiger partial charge >= 0.3 is 0 Å². The van der Waals surface area contributed by atoms with Crippen molar-refractivity contribution in [1.29, 1.82) is 0 Å². The molecule has 0 aromatic carbocycles. The van der Waals surface area contributed by atoms with Gasteiger partial charge in [-0.15, -0.1) is 11.3 Å². The standard InChI is InChI=1S/C21H19N5O3S/c27-19-17(16-5-2-13-30-16)18(20(28)26(19)14-15-4-1-12-29-15)24-8-10-25(11-9-24)21-22-6-3-7-23-21/h1-7,12-13H,8-11,14H2. The first-order chi connectivity index (χ1) is 14.7. The Morgan fingerprint density at radius 3 is 2.37 bits per heavy atom. The van der Waals surface area contributed by atoms with Crippen LogP contribution in [0.4, 0.5) is 5.95 Å².